The number of methoxy groups -OCH3 is 1. The number of hydrogen-bond donors (Lipinski definition) is 1. The van der Waals surface area contributed by atoms with E-state index in [2.05, 4.69) is 4.98 Å². The molecule has 1 aliphatic rings. The summed E-state index contributed by atoms with van der Waals surface area (Å²) >= 11 is 1.26. The number of thiazole rings is 1. The first kappa shape index (κ1) is 18.9. The molecule has 1 aliphatic heterocycles. The van der Waals surface area contributed by atoms with Crippen molar-refractivity contribution < 1.29 is 19.4 Å². The Kier molecular flexibility index (Phi) is 4.90. The molecule has 0 saturated carbocycles. The Morgan fingerprint density at radius 3 is 2.59 bits per heavy atom. The monoisotopic (exact) mass is 406 g/mol. The van der Waals surface area contributed by atoms with E-state index in [0.29, 0.717) is 16.4 Å². The second-order valence-electron chi connectivity index (χ2n) is 6.63. The summed E-state index contributed by atoms with van der Waals surface area (Å²) in [6, 6.07) is 13.5. The van der Waals surface area contributed by atoms with E-state index in [1.807, 2.05) is 31.2 Å². The van der Waals surface area contributed by atoms with Crippen LogP contribution in [0.5, 0.6) is 5.75 Å². The van der Waals surface area contributed by atoms with E-state index in [1.165, 1.54) is 23.3 Å². The minimum Gasteiger partial charge on any atom is -0.507 e. The lowest BCUT2D eigenvalue weighted by molar-refractivity contribution is -0.132. The van der Waals surface area contributed by atoms with Crippen LogP contribution < -0.4 is 9.64 Å². The molecule has 1 aromatic heterocycles. The summed E-state index contributed by atoms with van der Waals surface area (Å²) in [7, 11) is 1.52. The first-order valence-electron chi connectivity index (χ1n) is 8.92. The van der Waals surface area contributed by atoms with Gasteiger partial charge in [0.05, 0.1) is 18.7 Å². The molecule has 0 bridgehead atoms. The minimum absolute atomic E-state index is 0.0299. The number of hydrogen-bond acceptors (Lipinski definition) is 6. The molecule has 7 heteroatoms. The summed E-state index contributed by atoms with van der Waals surface area (Å²) in [6.45, 7) is 1.96. The molecule has 1 atom stereocenters. The number of nitrogens with zero attached hydrogens (tertiary/aromatic N) is 2. The van der Waals surface area contributed by atoms with E-state index in [0.717, 1.165) is 11.1 Å². The fraction of sp³-hybridized carbons (Fsp3) is 0.136. The predicted molar refractivity (Wildman–Crippen MR) is 111 cm³/mol. The van der Waals surface area contributed by atoms with Crippen molar-refractivity contribution in [3.63, 3.8) is 0 Å². The van der Waals surface area contributed by atoms with Gasteiger partial charge in [-0.3, -0.25) is 14.5 Å². The highest BCUT2D eigenvalue weighted by molar-refractivity contribution is 7.14. The van der Waals surface area contributed by atoms with Crippen molar-refractivity contribution in [3.8, 4) is 5.75 Å². The summed E-state index contributed by atoms with van der Waals surface area (Å²) in [5.41, 5.74) is 2.20. The Bertz CT molecular complexity index is 1100. The molecule has 29 heavy (non-hydrogen) atoms. The van der Waals surface area contributed by atoms with Gasteiger partial charge >= 0.3 is 5.91 Å². The standard InChI is InChI=1S/C22H18N2O4S/c1-13-6-8-14(9-7-13)18-17(19(25)15-4-3-5-16(12-15)28-2)20(26)21(27)24(18)22-23-10-11-29-22/h3-12,18,25H,1-2H3/b19-17+. The van der Waals surface area contributed by atoms with Gasteiger partial charge in [-0.2, -0.15) is 0 Å². The fourth-order valence-electron chi connectivity index (χ4n) is 3.35. The molecule has 1 N–H and O–H groups in total. The molecule has 146 valence electrons. The molecular weight excluding hydrogens is 388 g/mol. The minimum atomic E-state index is -0.770. The average Bonchev–Trinajstić information content (AvgIpc) is 3.35. The Morgan fingerprint density at radius 2 is 1.93 bits per heavy atom. The molecule has 1 saturated heterocycles. The number of carbonyl (C=O) groups is 2. The third-order valence-electron chi connectivity index (χ3n) is 4.81. The number of carbonyl (C=O) groups excluding carboxylic acids is 2. The predicted octanol–water partition coefficient (Wildman–Crippen LogP) is 4.09. The van der Waals surface area contributed by atoms with Crippen LogP contribution in [0, 0.1) is 6.92 Å². The average molecular weight is 406 g/mol. The second kappa shape index (κ2) is 7.52. The van der Waals surface area contributed by atoms with E-state index in [9.17, 15) is 14.7 Å². The van der Waals surface area contributed by atoms with Crippen molar-refractivity contribution >= 4 is 33.9 Å². The molecule has 3 aromatic rings. The van der Waals surface area contributed by atoms with Crippen LogP contribution in [-0.4, -0.2) is 28.9 Å². The van der Waals surface area contributed by atoms with Crippen LogP contribution in [0.1, 0.15) is 22.7 Å². The number of aliphatic hydroxyl groups excluding tert-OH is 1. The molecule has 1 amide bonds. The zero-order valence-corrected chi connectivity index (χ0v) is 16.6. The van der Waals surface area contributed by atoms with Gasteiger partial charge in [-0.15, -0.1) is 11.3 Å². The Labute approximate surface area is 171 Å². The molecule has 2 aromatic carbocycles. The largest absolute Gasteiger partial charge is 0.507 e. The summed E-state index contributed by atoms with van der Waals surface area (Å²) in [4.78, 5) is 31.4. The maximum atomic E-state index is 13.0. The van der Waals surface area contributed by atoms with Crippen molar-refractivity contribution in [1.29, 1.82) is 0 Å². The van der Waals surface area contributed by atoms with Crippen molar-refractivity contribution in [2.24, 2.45) is 0 Å². The maximum absolute atomic E-state index is 13.0. The van der Waals surface area contributed by atoms with Gasteiger partial charge < -0.3 is 9.84 Å². The van der Waals surface area contributed by atoms with Gasteiger partial charge in [0.25, 0.3) is 5.78 Å². The van der Waals surface area contributed by atoms with Gasteiger partial charge in [-0.05, 0) is 24.6 Å². The Morgan fingerprint density at radius 1 is 1.17 bits per heavy atom. The van der Waals surface area contributed by atoms with Crippen LogP contribution in [0.3, 0.4) is 0 Å². The van der Waals surface area contributed by atoms with Gasteiger partial charge in [0.2, 0.25) is 0 Å². The van der Waals surface area contributed by atoms with Crippen LogP contribution in [0.4, 0.5) is 5.13 Å². The lowest BCUT2D eigenvalue weighted by Gasteiger charge is -2.23. The zero-order chi connectivity index (χ0) is 20.5. The molecule has 1 fully saturated rings. The number of benzene rings is 2. The maximum Gasteiger partial charge on any atom is 0.301 e. The van der Waals surface area contributed by atoms with E-state index in [1.54, 1.807) is 35.8 Å². The van der Waals surface area contributed by atoms with Gasteiger partial charge in [0.15, 0.2) is 5.13 Å². The molecule has 6 nitrogen and oxygen atoms in total. The second-order valence-corrected chi connectivity index (χ2v) is 7.50. The number of rotatable bonds is 4. The van der Waals surface area contributed by atoms with Crippen molar-refractivity contribution in [2.45, 2.75) is 13.0 Å². The summed E-state index contributed by atoms with van der Waals surface area (Å²) in [5.74, 6) is -1.16. The van der Waals surface area contributed by atoms with Crippen molar-refractivity contribution in [3.05, 3.63) is 82.4 Å². The van der Waals surface area contributed by atoms with Crippen LogP contribution in [0.15, 0.2) is 65.7 Å². The SMILES string of the molecule is COc1cccc(/C(O)=C2\C(=O)C(=O)N(c3nccs3)C2c2ccc(C)cc2)c1. The third-order valence-corrected chi connectivity index (χ3v) is 5.58. The Hall–Kier alpha value is -3.45. The number of aryl methyl sites for hydroxylation is 1. The number of aliphatic hydroxyl groups is 1. The van der Waals surface area contributed by atoms with Gasteiger partial charge in [0.1, 0.15) is 11.5 Å². The fourth-order valence-corrected chi connectivity index (χ4v) is 4.02. The number of anilines is 1. The first-order chi connectivity index (χ1) is 14.0. The number of amides is 1. The van der Waals surface area contributed by atoms with Crippen molar-refractivity contribution in [1.82, 2.24) is 4.98 Å². The number of ether oxygens (including phenoxy) is 1. The van der Waals surface area contributed by atoms with E-state index in [-0.39, 0.29) is 11.3 Å². The third kappa shape index (κ3) is 3.30. The van der Waals surface area contributed by atoms with Crippen LogP contribution in [0.25, 0.3) is 5.76 Å². The van der Waals surface area contributed by atoms with Crippen LogP contribution in [0.2, 0.25) is 0 Å². The molecule has 4 rings (SSSR count). The van der Waals surface area contributed by atoms with Gasteiger partial charge in [-0.1, -0.05) is 42.0 Å². The lowest BCUT2D eigenvalue weighted by Crippen LogP contribution is -2.29. The molecule has 2 heterocycles. The number of aromatic nitrogens is 1. The summed E-state index contributed by atoms with van der Waals surface area (Å²) in [5, 5.41) is 13.2. The number of Topliss-reactive ketones (excluding diaryl/α,β-unsaturated/α-hetero) is 1. The van der Waals surface area contributed by atoms with E-state index in [4.69, 9.17) is 4.74 Å². The van der Waals surface area contributed by atoms with Crippen LogP contribution in [-0.2, 0) is 9.59 Å². The molecule has 1 unspecified atom stereocenters. The summed E-state index contributed by atoms with van der Waals surface area (Å²) < 4.78 is 5.22. The highest BCUT2D eigenvalue weighted by Gasteiger charge is 2.47. The van der Waals surface area contributed by atoms with Crippen LogP contribution >= 0.6 is 11.3 Å². The topological polar surface area (TPSA) is 79.7 Å². The smallest absolute Gasteiger partial charge is 0.301 e. The zero-order valence-electron chi connectivity index (χ0n) is 15.8. The highest BCUT2D eigenvalue weighted by atomic mass is 32.1. The van der Waals surface area contributed by atoms with Crippen molar-refractivity contribution in [2.75, 3.05) is 12.0 Å². The lowest BCUT2D eigenvalue weighted by atomic mass is 9.95. The van der Waals surface area contributed by atoms with Gasteiger partial charge in [0, 0.05) is 17.1 Å². The Balaban J connectivity index is 1.93. The normalized spacial score (nSPS) is 18.3. The molecular formula is C22H18N2O4S. The highest BCUT2D eigenvalue weighted by Crippen LogP contribution is 2.42. The molecule has 0 spiro atoms. The molecule has 0 aliphatic carbocycles. The quantitative estimate of drug-likeness (QED) is 0.401. The van der Waals surface area contributed by atoms with E-state index < -0.39 is 17.7 Å². The summed E-state index contributed by atoms with van der Waals surface area (Å²) in [6.07, 6.45) is 1.58. The number of ketones is 1. The van der Waals surface area contributed by atoms with E-state index >= 15 is 0 Å². The van der Waals surface area contributed by atoms with Gasteiger partial charge in [-0.25, -0.2) is 4.98 Å². The first-order valence-corrected chi connectivity index (χ1v) is 9.80. The molecule has 0 radical (unpaired) electrons.